The van der Waals surface area contributed by atoms with Gasteiger partial charge >= 0.3 is 5.97 Å². The third-order valence-corrected chi connectivity index (χ3v) is 6.03. The fraction of sp³-hybridized carbons (Fsp3) is 0.700. The molecule has 2 heterocycles. The minimum absolute atomic E-state index is 0.246. The number of esters is 1. The Morgan fingerprint density at radius 3 is 2.54 bits per heavy atom. The Balaban J connectivity index is 1.73. The van der Waals surface area contributed by atoms with E-state index in [4.69, 9.17) is 4.74 Å². The normalized spacial score (nSPS) is 37.3. The van der Waals surface area contributed by atoms with Gasteiger partial charge in [0.05, 0.1) is 0 Å². The molecule has 2 bridgehead atoms. The smallest absolute Gasteiger partial charge is 0.345 e. The Hall–Kier alpha value is -1.50. The molecule has 0 aromatic carbocycles. The van der Waals surface area contributed by atoms with E-state index in [0.717, 1.165) is 31.3 Å². The first-order valence-electron chi connectivity index (χ1n) is 9.42. The molecule has 0 amide bonds. The standard InChI is InChI=1S/C20H29NO5/c1-12(2)4-5-13-11-20(25,18(23)10-17(13)22)19(24)26-16-8-14-6-7-15(9-16)21(14)3/h4,11,14-16,18,23,25H,5-10H2,1-3H3/t14?,15?,16?,18-,20-/m1/s1. The molecule has 3 rings (SSSR count). The van der Waals surface area contributed by atoms with Crippen molar-refractivity contribution in [1.82, 2.24) is 4.90 Å². The number of hydrogen-bond donors (Lipinski definition) is 2. The molecule has 2 unspecified atom stereocenters. The summed E-state index contributed by atoms with van der Waals surface area (Å²) in [5, 5.41) is 21.0. The van der Waals surface area contributed by atoms with Crippen molar-refractivity contribution in [3.05, 3.63) is 23.3 Å². The summed E-state index contributed by atoms with van der Waals surface area (Å²) in [4.78, 5) is 27.1. The predicted octanol–water partition coefficient (Wildman–Crippen LogP) is 1.50. The van der Waals surface area contributed by atoms with Crippen molar-refractivity contribution in [2.24, 2.45) is 0 Å². The van der Waals surface area contributed by atoms with Gasteiger partial charge < -0.3 is 19.8 Å². The van der Waals surface area contributed by atoms with Gasteiger partial charge in [0.15, 0.2) is 5.78 Å². The van der Waals surface area contributed by atoms with Crippen LogP contribution in [0.5, 0.6) is 0 Å². The van der Waals surface area contributed by atoms with Crippen LogP contribution in [0, 0.1) is 0 Å². The van der Waals surface area contributed by atoms with E-state index in [1.54, 1.807) is 0 Å². The molecule has 144 valence electrons. The van der Waals surface area contributed by atoms with Crippen LogP contribution in [0.15, 0.2) is 23.3 Å². The number of allylic oxidation sites excluding steroid dienone is 3. The van der Waals surface area contributed by atoms with E-state index in [2.05, 4.69) is 11.9 Å². The molecule has 6 heteroatoms. The van der Waals surface area contributed by atoms with Gasteiger partial charge in [-0.25, -0.2) is 4.79 Å². The third-order valence-electron chi connectivity index (χ3n) is 6.03. The molecule has 0 radical (unpaired) electrons. The zero-order valence-electron chi connectivity index (χ0n) is 15.8. The zero-order valence-corrected chi connectivity index (χ0v) is 15.8. The molecule has 0 aromatic heterocycles. The predicted molar refractivity (Wildman–Crippen MR) is 96.4 cm³/mol. The van der Waals surface area contributed by atoms with E-state index < -0.39 is 17.7 Å². The number of aliphatic hydroxyl groups excluding tert-OH is 1. The van der Waals surface area contributed by atoms with Gasteiger partial charge in [-0.3, -0.25) is 4.79 Å². The van der Waals surface area contributed by atoms with Gasteiger partial charge in [0.2, 0.25) is 5.60 Å². The maximum Gasteiger partial charge on any atom is 0.345 e. The molecule has 2 fully saturated rings. The highest BCUT2D eigenvalue weighted by atomic mass is 16.6. The van der Waals surface area contributed by atoms with Crippen LogP contribution in [-0.2, 0) is 14.3 Å². The van der Waals surface area contributed by atoms with Crippen LogP contribution in [0.25, 0.3) is 0 Å². The second-order valence-corrected chi connectivity index (χ2v) is 8.17. The minimum atomic E-state index is -2.15. The summed E-state index contributed by atoms with van der Waals surface area (Å²) in [6, 6.07) is 0.811. The molecule has 4 atom stereocenters. The van der Waals surface area contributed by atoms with Gasteiger partial charge in [-0.2, -0.15) is 0 Å². The topological polar surface area (TPSA) is 87.1 Å². The van der Waals surface area contributed by atoms with Gasteiger partial charge in [0.25, 0.3) is 0 Å². The van der Waals surface area contributed by atoms with Crippen LogP contribution >= 0.6 is 0 Å². The second kappa shape index (κ2) is 7.25. The summed E-state index contributed by atoms with van der Waals surface area (Å²) in [6.45, 7) is 3.83. The second-order valence-electron chi connectivity index (χ2n) is 8.17. The summed E-state index contributed by atoms with van der Waals surface area (Å²) in [7, 11) is 2.10. The average molecular weight is 363 g/mol. The molecule has 2 aliphatic heterocycles. The Bertz CT molecular complexity index is 637. The number of ether oxygens (including phenoxy) is 1. The molecule has 3 aliphatic rings. The van der Waals surface area contributed by atoms with E-state index in [9.17, 15) is 19.8 Å². The fourth-order valence-corrected chi connectivity index (χ4v) is 4.29. The molecule has 6 nitrogen and oxygen atoms in total. The number of hydrogen-bond acceptors (Lipinski definition) is 6. The van der Waals surface area contributed by atoms with E-state index in [0.29, 0.717) is 24.1 Å². The van der Waals surface area contributed by atoms with Gasteiger partial charge in [-0.05, 0) is 64.6 Å². The van der Waals surface area contributed by atoms with E-state index in [-0.39, 0.29) is 18.3 Å². The van der Waals surface area contributed by atoms with Crippen molar-refractivity contribution < 1.29 is 24.5 Å². The lowest BCUT2D eigenvalue weighted by Crippen LogP contribution is -2.54. The molecule has 0 aromatic rings. The number of nitrogens with zero attached hydrogens (tertiary/aromatic N) is 1. The van der Waals surface area contributed by atoms with Crippen molar-refractivity contribution in [2.45, 2.75) is 82.3 Å². The fourth-order valence-electron chi connectivity index (χ4n) is 4.29. The monoisotopic (exact) mass is 363 g/mol. The molecule has 1 aliphatic carbocycles. The van der Waals surface area contributed by atoms with E-state index >= 15 is 0 Å². The van der Waals surface area contributed by atoms with E-state index in [1.807, 2.05) is 19.9 Å². The molecular formula is C20H29NO5. The molecular weight excluding hydrogens is 334 g/mol. The largest absolute Gasteiger partial charge is 0.460 e. The molecule has 2 saturated heterocycles. The molecule has 26 heavy (non-hydrogen) atoms. The number of ketones is 1. The van der Waals surface area contributed by atoms with Gasteiger partial charge in [-0.15, -0.1) is 0 Å². The number of carbonyl (C=O) groups is 2. The number of carbonyl (C=O) groups excluding carboxylic acids is 2. The van der Waals surface area contributed by atoms with Gasteiger partial charge in [0.1, 0.15) is 12.2 Å². The van der Waals surface area contributed by atoms with Crippen LogP contribution in [0.1, 0.15) is 52.4 Å². The quantitative estimate of drug-likeness (QED) is 0.581. The van der Waals surface area contributed by atoms with Gasteiger partial charge in [-0.1, -0.05) is 11.6 Å². The number of piperidine rings is 1. The SMILES string of the molecule is CC(C)=CCC1=C[C@](O)(C(=O)OC2CC3CCC(C2)N3C)[C@H](O)CC1=O. The lowest BCUT2D eigenvalue weighted by Gasteiger charge is -2.38. The van der Waals surface area contributed by atoms with Crippen molar-refractivity contribution in [3.8, 4) is 0 Å². The van der Waals surface area contributed by atoms with Crippen molar-refractivity contribution >= 4 is 11.8 Å². The Labute approximate surface area is 154 Å². The molecule has 0 spiro atoms. The first-order chi connectivity index (χ1) is 12.2. The Kier molecular flexibility index (Phi) is 5.37. The summed E-state index contributed by atoms with van der Waals surface area (Å²) >= 11 is 0. The van der Waals surface area contributed by atoms with E-state index in [1.165, 1.54) is 6.08 Å². The Morgan fingerprint density at radius 1 is 1.35 bits per heavy atom. The zero-order chi connectivity index (χ0) is 19.1. The average Bonchev–Trinajstić information content (AvgIpc) is 2.79. The number of rotatable bonds is 4. The van der Waals surface area contributed by atoms with Crippen LogP contribution in [0.4, 0.5) is 0 Å². The Morgan fingerprint density at radius 2 is 1.96 bits per heavy atom. The summed E-state index contributed by atoms with van der Waals surface area (Å²) < 4.78 is 5.60. The van der Waals surface area contributed by atoms with Crippen molar-refractivity contribution in [3.63, 3.8) is 0 Å². The number of Topliss-reactive ketones (excluding diaryl/α,β-unsaturated/α-hetero) is 1. The highest BCUT2D eigenvalue weighted by Crippen LogP contribution is 2.37. The highest BCUT2D eigenvalue weighted by Gasteiger charge is 2.49. The maximum absolute atomic E-state index is 12.7. The number of fused-ring (bicyclic) bond motifs is 2. The highest BCUT2D eigenvalue weighted by molar-refractivity contribution is 6.00. The number of aliphatic hydroxyl groups is 2. The maximum atomic E-state index is 12.7. The van der Waals surface area contributed by atoms with Gasteiger partial charge in [0, 0.05) is 18.5 Å². The summed E-state index contributed by atoms with van der Waals surface area (Å²) in [5.41, 5.74) is -0.765. The van der Waals surface area contributed by atoms with Crippen molar-refractivity contribution in [1.29, 1.82) is 0 Å². The first-order valence-corrected chi connectivity index (χ1v) is 9.42. The minimum Gasteiger partial charge on any atom is -0.460 e. The van der Waals surface area contributed by atoms with Crippen LogP contribution in [-0.4, -0.2) is 63.8 Å². The third kappa shape index (κ3) is 3.63. The molecule has 2 N–H and O–H groups in total. The molecule has 0 saturated carbocycles. The lowest BCUT2D eigenvalue weighted by molar-refractivity contribution is -0.180. The van der Waals surface area contributed by atoms with Crippen LogP contribution in [0.2, 0.25) is 0 Å². The van der Waals surface area contributed by atoms with Crippen molar-refractivity contribution in [2.75, 3.05) is 7.05 Å². The first kappa shape index (κ1) is 19.3. The van der Waals surface area contributed by atoms with Crippen LogP contribution in [0.3, 0.4) is 0 Å². The summed E-state index contributed by atoms with van der Waals surface area (Å²) in [5.74, 6) is -1.09. The lowest BCUT2D eigenvalue weighted by atomic mass is 9.82. The van der Waals surface area contributed by atoms with Crippen LogP contribution < -0.4 is 0 Å². The summed E-state index contributed by atoms with van der Waals surface area (Å²) in [6.07, 6.45) is 5.11.